The summed E-state index contributed by atoms with van der Waals surface area (Å²) in [7, 11) is 0. The number of carbonyl (C=O) groups is 1. The molecule has 0 saturated heterocycles. The number of nitrogens with two attached hydrogens (primary N) is 1. The lowest BCUT2D eigenvalue weighted by Gasteiger charge is -2.04. The van der Waals surface area contributed by atoms with Crippen LogP contribution in [0.25, 0.3) is 21.8 Å². The summed E-state index contributed by atoms with van der Waals surface area (Å²) in [6.07, 6.45) is 3.55. The maximum atomic E-state index is 12.7. The molecular weight excluding hydrogens is 262 g/mol. The van der Waals surface area contributed by atoms with E-state index >= 15 is 0 Å². The van der Waals surface area contributed by atoms with Crippen LogP contribution in [0, 0.1) is 0 Å². The van der Waals surface area contributed by atoms with Crippen LogP contribution in [0.1, 0.15) is 10.4 Å². The predicted molar refractivity (Wildman–Crippen MR) is 84.4 cm³/mol. The molecule has 0 radical (unpaired) electrons. The predicted octanol–water partition coefficient (Wildman–Crippen LogP) is 3.39. The van der Waals surface area contributed by atoms with Gasteiger partial charge in [-0.15, -0.1) is 0 Å². The van der Waals surface area contributed by atoms with E-state index in [0.29, 0.717) is 11.3 Å². The summed E-state index contributed by atoms with van der Waals surface area (Å²) < 4.78 is 1.61. The first-order chi connectivity index (χ1) is 10.2. The largest absolute Gasteiger partial charge is 0.397 e. The highest BCUT2D eigenvalue weighted by Gasteiger charge is 2.14. The molecule has 2 heterocycles. The Kier molecular flexibility index (Phi) is 2.38. The molecule has 0 bridgehead atoms. The van der Waals surface area contributed by atoms with E-state index in [0.717, 1.165) is 21.8 Å². The van der Waals surface area contributed by atoms with E-state index in [9.17, 15) is 4.79 Å². The second kappa shape index (κ2) is 4.24. The van der Waals surface area contributed by atoms with Gasteiger partial charge in [0.15, 0.2) is 0 Å². The Morgan fingerprint density at radius 3 is 2.86 bits per heavy atom. The van der Waals surface area contributed by atoms with Gasteiger partial charge in [-0.25, -0.2) is 0 Å². The summed E-state index contributed by atoms with van der Waals surface area (Å²) in [6, 6.07) is 15.2. The standard InChI is InChI=1S/C17H13N3O/c18-14-10-20(16-4-2-1-3-13(14)16)17(21)12-5-6-15-11(9-12)7-8-19-15/h1-10,19H,18H2. The minimum absolute atomic E-state index is 0.0778. The van der Waals surface area contributed by atoms with Crippen molar-refractivity contribution in [2.45, 2.75) is 0 Å². The third-order valence-electron chi connectivity index (χ3n) is 3.76. The highest BCUT2D eigenvalue weighted by atomic mass is 16.2. The SMILES string of the molecule is Nc1cn(C(=O)c2ccc3[nH]ccc3c2)c2ccccc12. The number of nitrogen functional groups attached to an aromatic ring is 1. The molecule has 4 rings (SSSR count). The normalized spacial score (nSPS) is 11.2. The van der Waals surface area contributed by atoms with Crippen molar-refractivity contribution in [2.75, 3.05) is 5.73 Å². The zero-order valence-corrected chi connectivity index (χ0v) is 11.2. The summed E-state index contributed by atoms with van der Waals surface area (Å²) >= 11 is 0. The highest BCUT2D eigenvalue weighted by molar-refractivity contribution is 6.06. The number of nitrogens with zero attached hydrogens (tertiary/aromatic N) is 1. The molecule has 0 spiro atoms. The summed E-state index contributed by atoms with van der Waals surface area (Å²) in [5.74, 6) is -0.0778. The number of aromatic nitrogens is 2. The number of H-pyrrole nitrogens is 1. The third-order valence-corrected chi connectivity index (χ3v) is 3.76. The molecule has 0 aliphatic heterocycles. The zero-order chi connectivity index (χ0) is 14.4. The topological polar surface area (TPSA) is 63.8 Å². The molecule has 4 nitrogen and oxygen atoms in total. The van der Waals surface area contributed by atoms with Gasteiger partial charge in [0.2, 0.25) is 0 Å². The van der Waals surface area contributed by atoms with Crippen LogP contribution in [0.15, 0.2) is 60.9 Å². The molecule has 0 unspecified atom stereocenters. The van der Waals surface area contributed by atoms with E-state index < -0.39 is 0 Å². The van der Waals surface area contributed by atoms with Crippen molar-refractivity contribution in [2.24, 2.45) is 0 Å². The summed E-state index contributed by atoms with van der Waals surface area (Å²) in [4.78, 5) is 15.9. The molecular formula is C17H13N3O. The van der Waals surface area contributed by atoms with E-state index in [1.807, 2.05) is 54.7 Å². The van der Waals surface area contributed by atoms with Gasteiger partial charge in [-0.2, -0.15) is 0 Å². The van der Waals surface area contributed by atoms with Gasteiger partial charge in [0.05, 0.1) is 11.2 Å². The Bertz CT molecular complexity index is 978. The Morgan fingerprint density at radius 2 is 1.95 bits per heavy atom. The van der Waals surface area contributed by atoms with E-state index in [4.69, 9.17) is 5.73 Å². The maximum Gasteiger partial charge on any atom is 0.262 e. The number of benzene rings is 2. The monoisotopic (exact) mass is 275 g/mol. The van der Waals surface area contributed by atoms with E-state index in [-0.39, 0.29) is 5.91 Å². The summed E-state index contributed by atoms with van der Waals surface area (Å²) in [5, 5.41) is 1.92. The second-order valence-corrected chi connectivity index (χ2v) is 5.06. The lowest BCUT2D eigenvalue weighted by Crippen LogP contribution is -2.10. The minimum atomic E-state index is -0.0778. The van der Waals surface area contributed by atoms with Gasteiger partial charge >= 0.3 is 0 Å². The molecule has 102 valence electrons. The Labute approximate surface area is 120 Å². The molecule has 0 amide bonds. The number of aromatic amines is 1. The molecule has 2 aromatic heterocycles. The Hall–Kier alpha value is -3.01. The lowest BCUT2D eigenvalue weighted by molar-refractivity contribution is 0.0965. The van der Waals surface area contributed by atoms with Gasteiger partial charge in [0.25, 0.3) is 5.91 Å². The van der Waals surface area contributed by atoms with Crippen LogP contribution in [-0.4, -0.2) is 15.5 Å². The van der Waals surface area contributed by atoms with Gasteiger partial charge in [-0.3, -0.25) is 9.36 Å². The lowest BCUT2D eigenvalue weighted by atomic mass is 10.1. The van der Waals surface area contributed by atoms with Crippen molar-refractivity contribution in [1.29, 1.82) is 0 Å². The molecule has 4 heteroatoms. The number of nitrogens with one attached hydrogen (secondary N) is 1. The summed E-state index contributed by atoms with van der Waals surface area (Å²) in [5.41, 5.74) is 9.09. The second-order valence-electron chi connectivity index (χ2n) is 5.06. The number of hydrogen-bond donors (Lipinski definition) is 2. The van der Waals surface area contributed by atoms with Crippen LogP contribution in [0.3, 0.4) is 0 Å². The molecule has 0 aliphatic rings. The molecule has 2 aromatic carbocycles. The maximum absolute atomic E-state index is 12.7. The van der Waals surface area contributed by atoms with Gasteiger partial charge in [0.1, 0.15) is 0 Å². The Morgan fingerprint density at radius 1 is 1.10 bits per heavy atom. The summed E-state index contributed by atoms with van der Waals surface area (Å²) in [6.45, 7) is 0. The number of fused-ring (bicyclic) bond motifs is 2. The number of hydrogen-bond acceptors (Lipinski definition) is 2. The number of rotatable bonds is 1. The van der Waals surface area contributed by atoms with Crippen LogP contribution in [0.4, 0.5) is 5.69 Å². The smallest absolute Gasteiger partial charge is 0.262 e. The van der Waals surface area contributed by atoms with Gasteiger partial charge < -0.3 is 10.7 Å². The molecule has 3 N–H and O–H groups in total. The average Bonchev–Trinajstić information content (AvgIpc) is 3.11. The van der Waals surface area contributed by atoms with Crippen LogP contribution < -0.4 is 5.73 Å². The van der Waals surface area contributed by atoms with E-state index in [1.54, 1.807) is 10.8 Å². The van der Waals surface area contributed by atoms with Crippen LogP contribution in [0.5, 0.6) is 0 Å². The molecule has 0 fully saturated rings. The number of carbonyl (C=O) groups excluding carboxylic acids is 1. The zero-order valence-electron chi connectivity index (χ0n) is 11.2. The molecule has 0 aliphatic carbocycles. The van der Waals surface area contributed by atoms with Crippen LogP contribution in [-0.2, 0) is 0 Å². The van der Waals surface area contributed by atoms with Crippen LogP contribution >= 0.6 is 0 Å². The molecule has 0 saturated carbocycles. The van der Waals surface area contributed by atoms with Crippen molar-refractivity contribution in [3.63, 3.8) is 0 Å². The van der Waals surface area contributed by atoms with Crippen LogP contribution in [0.2, 0.25) is 0 Å². The first kappa shape index (κ1) is 11.8. The van der Waals surface area contributed by atoms with Crippen molar-refractivity contribution >= 4 is 33.4 Å². The van der Waals surface area contributed by atoms with Crippen molar-refractivity contribution in [3.05, 3.63) is 66.5 Å². The van der Waals surface area contributed by atoms with Crippen molar-refractivity contribution < 1.29 is 4.79 Å². The Balaban J connectivity index is 1.89. The minimum Gasteiger partial charge on any atom is -0.397 e. The van der Waals surface area contributed by atoms with E-state index in [2.05, 4.69) is 4.98 Å². The highest BCUT2D eigenvalue weighted by Crippen LogP contribution is 2.24. The van der Waals surface area contributed by atoms with Crippen molar-refractivity contribution in [3.8, 4) is 0 Å². The first-order valence-corrected chi connectivity index (χ1v) is 6.71. The fourth-order valence-electron chi connectivity index (χ4n) is 2.70. The van der Waals surface area contributed by atoms with Gasteiger partial charge in [0, 0.05) is 34.2 Å². The first-order valence-electron chi connectivity index (χ1n) is 6.71. The molecule has 4 aromatic rings. The van der Waals surface area contributed by atoms with Gasteiger partial charge in [-0.1, -0.05) is 18.2 Å². The number of anilines is 1. The quantitative estimate of drug-likeness (QED) is 0.559. The van der Waals surface area contributed by atoms with Gasteiger partial charge in [-0.05, 0) is 30.3 Å². The molecule has 21 heavy (non-hydrogen) atoms. The fraction of sp³-hybridized carbons (Fsp3) is 0. The third kappa shape index (κ3) is 1.73. The van der Waals surface area contributed by atoms with Crippen molar-refractivity contribution in [1.82, 2.24) is 9.55 Å². The average molecular weight is 275 g/mol. The molecule has 0 atom stereocenters. The number of para-hydroxylation sites is 1. The van der Waals surface area contributed by atoms with E-state index in [1.165, 1.54) is 0 Å². The fourth-order valence-corrected chi connectivity index (χ4v) is 2.70.